The van der Waals surface area contributed by atoms with E-state index in [9.17, 15) is 19.5 Å². The van der Waals surface area contributed by atoms with E-state index in [0.717, 1.165) is 16.7 Å². The quantitative estimate of drug-likeness (QED) is 0.0443. The predicted molar refractivity (Wildman–Crippen MR) is 262 cm³/mol. The van der Waals surface area contributed by atoms with Crippen molar-refractivity contribution < 1.29 is 76.3 Å². The van der Waals surface area contributed by atoms with Gasteiger partial charge in [0.1, 0.15) is 19.8 Å². The molecule has 70 heavy (non-hydrogen) atoms. The van der Waals surface area contributed by atoms with Crippen LogP contribution in [0.2, 0.25) is 0 Å². The second-order valence-corrected chi connectivity index (χ2v) is 18.0. The van der Waals surface area contributed by atoms with Gasteiger partial charge < -0.3 is 61.9 Å². The van der Waals surface area contributed by atoms with E-state index in [0.29, 0.717) is 39.6 Å². The van der Waals surface area contributed by atoms with Crippen LogP contribution in [0.5, 0.6) is 0 Å². The van der Waals surface area contributed by atoms with Crippen LogP contribution in [0.15, 0.2) is 91.0 Å². The minimum absolute atomic E-state index is 0.148. The Morgan fingerprint density at radius 2 is 0.586 bits per heavy atom. The first kappa shape index (κ1) is 60.0. The van der Waals surface area contributed by atoms with Crippen LogP contribution < -0.4 is 0 Å². The summed E-state index contributed by atoms with van der Waals surface area (Å²) in [5, 5.41) is 11.6. The summed E-state index contributed by atoms with van der Waals surface area (Å²) < 4.78 is 68.9. The molecule has 0 aliphatic rings. The van der Waals surface area contributed by atoms with E-state index in [1.807, 2.05) is 133 Å². The van der Waals surface area contributed by atoms with Crippen molar-refractivity contribution in [1.82, 2.24) is 0 Å². The summed E-state index contributed by atoms with van der Waals surface area (Å²) in [6.07, 6.45) is -4.89. The molecule has 0 radical (unpaired) electrons. The summed E-state index contributed by atoms with van der Waals surface area (Å²) in [5.74, 6) is -3.14. The zero-order chi connectivity index (χ0) is 51.2. The Kier molecular flexibility index (Phi) is 29.2. The monoisotopic (exact) mass is 985 g/mol. The number of carbonyl (C=O) groups excluding carboxylic acids is 3. The van der Waals surface area contributed by atoms with Gasteiger partial charge >= 0.3 is 17.9 Å². The smallest absolute Gasteiger partial charge is 0.339 e. The molecule has 3 rings (SSSR count). The van der Waals surface area contributed by atoms with E-state index in [4.69, 9.17) is 56.8 Å². The second-order valence-electron chi connectivity index (χ2n) is 18.0. The Morgan fingerprint density at radius 1 is 0.357 bits per heavy atom. The first-order chi connectivity index (χ1) is 33.5. The normalized spacial score (nSPS) is 16.4. The van der Waals surface area contributed by atoms with Crippen LogP contribution in [0.1, 0.15) is 91.8 Å². The highest BCUT2D eigenvalue weighted by Gasteiger charge is 2.44. The molecule has 0 fully saturated rings. The Labute approximate surface area is 415 Å². The van der Waals surface area contributed by atoms with Gasteiger partial charge in [-0.1, -0.05) is 91.0 Å². The zero-order valence-electron chi connectivity index (χ0n) is 42.8. The third kappa shape index (κ3) is 27.3. The van der Waals surface area contributed by atoms with Crippen molar-refractivity contribution in [1.29, 1.82) is 0 Å². The van der Waals surface area contributed by atoms with Crippen LogP contribution >= 0.6 is 0 Å². The number of ether oxygens (including phenoxy) is 12. The van der Waals surface area contributed by atoms with Gasteiger partial charge in [0.25, 0.3) is 0 Å². The van der Waals surface area contributed by atoms with Crippen molar-refractivity contribution in [3.8, 4) is 0 Å². The fraction of sp³-hybridized carbons (Fsp3) is 0.611. The van der Waals surface area contributed by atoms with Gasteiger partial charge in [-0.05, 0) is 79.0 Å². The molecule has 0 aliphatic heterocycles. The van der Waals surface area contributed by atoms with Crippen molar-refractivity contribution in [3.05, 3.63) is 108 Å². The second kappa shape index (κ2) is 34.1. The molecule has 0 aromatic heterocycles. The molecule has 392 valence electrons. The van der Waals surface area contributed by atoms with Gasteiger partial charge in [-0.25, -0.2) is 4.79 Å². The minimum Gasteiger partial charge on any atom is -0.463 e. The number of rotatable bonds is 38. The lowest BCUT2D eigenvalue weighted by molar-refractivity contribution is -0.182. The maximum absolute atomic E-state index is 13.5. The van der Waals surface area contributed by atoms with Gasteiger partial charge in [0.2, 0.25) is 0 Å². The Bertz CT molecular complexity index is 1750. The molecule has 9 unspecified atom stereocenters. The van der Waals surface area contributed by atoms with Crippen molar-refractivity contribution >= 4 is 17.9 Å². The minimum atomic E-state index is -2.63. The summed E-state index contributed by atoms with van der Waals surface area (Å²) in [6, 6.07) is 29.5. The van der Waals surface area contributed by atoms with Crippen molar-refractivity contribution in [2.75, 3.05) is 59.5 Å². The number of benzene rings is 3. The van der Waals surface area contributed by atoms with Crippen LogP contribution in [-0.4, -0.2) is 143 Å². The third-order valence-electron chi connectivity index (χ3n) is 10.5. The SMILES string of the molecule is CC(COC(=O)CC(O)(CC(=O)OCC(C)OCC(C)OCC(C)OCc1ccccc1)C(=O)OCC(C)OCC(C)OCC(C)OCc1ccccc1)OCC(C)OCC(C)OCc1ccccc1. The molecule has 3 aromatic rings. The molecule has 0 amide bonds. The molecule has 1 N–H and O–H groups in total. The molecule has 16 nitrogen and oxygen atoms in total. The van der Waals surface area contributed by atoms with Crippen molar-refractivity contribution in [2.45, 2.75) is 156 Å². The van der Waals surface area contributed by atoms with E-state index in [1.54, 1.807) is 20.8 Å². The standard InChI is InChI=1S/C54H80O16/c1-39(59-30-42(4)65-36-48-19-13-10-14-20-48)27-62-45(7)33-68-51(55)25-54(58,53(57)70-35-47(9)64-29-41(3)61-32-44(6)67-38-50-23-17-12-18-24-50)26-52(56)69-34-46(8)63-28-40(2)60-31-43(5)66-37-49-21-15-11-16-22-49/h10-24,39-47,58H,25-38H2,1-9H3. The first-order valence-corrected chi connectivity index (χ1v) is 24.4. The number of aliphatic hydroxyl groups is 1. The molecule has 0 saturated carbocycles. The average Bonchev–Trinajstić information content (AvgIpc) is 3.36. The highest BCUT2D eigenvalue weighted by atomic mass is 16.6. The largest absolute Gasteiger partial charge is 0.463 e. The third-order valence-corrected chi connectivity index (χ3v) is 10.5. The molecule has 0 saturated heterocycles. The molecule has 0 bridgehead atoms. The maximum Gasteiger partial charge on any atom is 0.339 e. The van der Waals surface area contributed by atoms with Gasteiger partial charge in [0.05, 0.1) is 127 Å². The van der Waals surface area contributed by atoms with Crippen molar-refractivity contribution in [2.24, 2.45) is 0 Å². The van der Waals surface area contributed by atoms with Gasteiger partial charge in [0.15, 0.2) is 5.60 Å². The van der Waals surface area contributed by atoms with Crippen LogP contribution in [-0.2, 0) is 91.0 Å². The summed E-state index contributed by atoms with van der Waals surface area (Å²) in [6.45, 7) is 18.8. The molecule has 0 aliphatic carbocycles. The number of esters is 3. The molecular formula is C54H80O16. The van der Waals surface area contributed by atoms with Crippen molar-refractivity contribution in [3.63, 3.8) is 0 Å². The van der Waals surface area contributed by atoms with E-state index < -0.39 is 54.7 Å². The van der Waals surface area contributed by atoms with Gasteiger partial charge in [-0.15, -0.1) is 0 Å². The van der Waals surface area contributed by atoms with E-state index in [1.165, 1.54) is 0 Å². The van der Waals surface area contributed by atoms with Gasteiger partial charge in [-0.2, -0.15) is 0 Å². The van der Waals surface area contributed by atoms with E-state index >= 15 is 0 Å². The summed E-state index contributed by atoms with van der Waals surface area (Å²) in [5.41, 5.74) is 0.572. The molecule has 3 aromatic carbocycles. The van der Waals surface area contributed by atoms with Crippen LogP contribution in [0.25, 0.3) is 0 Å². The molecule has 0 heterocycles. The van der Waals surface area contributed by atoms with Gasteiger partial charge in [0, 0.05) is 0 Å². The highest BCUT2D eigenvalue weighted by Crippen LogP contribution is 2.21. The Balaban J connectivity index is 1.45. The van der Waals surface area contributed by atoms with Crippen LogP contribution in [0.3, 0.4) is 0 Å². The number of hydrogen-bond acceptors (Lipinski definition) is 16. The molecule has 16 heteroatoms. The molecule has 9 atom stereocenters. The fourth-order valence-electron chi connectivity index (χ4n) is 6.20. The number of hydrogen-bond donors (Lipinski definition) is 1. The lowest BCUT2D eigenvalue weighted by atomic mass is 9.95. The topological polar surface area (TPSA) is 182 Å². The molecular weight excluding hydrogens is 905 g/mol. The van der Waals surface area contributed by atoms with E-state index in [2.05, 4.69) is 0 Å². The summed E-state index contributed by atoms with van der Waals surface area (Å²) >= 11 is 0. The summed E-state index contributed by atoms with van der Waals surface area (Å²) in [7, 11) is 0. The van der Waals surface area contributed by atoms with Crippen LogP contribution in [0, 0.1) is 0 Å². The maximum atomic E-state index is 13.5. The Morgan fingerprint density at radius 3 is 0.857 bits per heavy atom. The number of carbonyl (C=O) groups is 3. The highest BCUT2D eigenvalue weighted by molar-refractivity contribution is 5.90. The first-order valence-electron chi connectivity index (χ1n) is 24.4. The lowest BCUT2D eigenvalue weighted by Gasteiger charge is -2.26. The Hall–Kier alpha value is -4.33. The van der Waals surface area contributed by atoms with Crippen LogP contribution in [0.4, 0.5) is 0 Å². The predicted octanol–water partition coefficient (Wildman–Crippen LogP) is 7.37. The van der Waals surface area contributed by atoms with E-state index in [-0.39, 0.29) is 76.3 Å². The fourth-order valence-corrected chi connectivity index (χ4v) is 6.20. The van der Waals surface area contributed by atoms with Gasteiger partial charge in [-0.3, -0.25) is 9.59 Å². The average molecular weight is 985 g/mol. The lowest BCUT2D eigenvalue weighted by Crippen LogP contribution is -2.46. The zero-order valence-corrected chi connectivity index (χ0v) is 42.8. The molecule has 0 spiro atoms. The summed E-state index contributed by atoms with van der Waals surface area (Å²) in [4.78, 5) is 39.8.